The zero-order valence-electron chi connectivity index (χ0n) is 10.5. The van der Waals surface area contributed by atoms with E-state index >= 15 is 0 Å². The van der Waals surface area contributed by atoms with Gasteiger partial charge < -0.3 is 10.4 Å². The van der Waals surface area contributed by atoms with Crippen molar-refractivity contribution >= 4 is 23.2 Å². The summed E-state index contributed by atoms with van der Waals surface area (Å²) in [7, 11) is 0. The standard InChI is InChI=1S/C14H12N2O3S/c17-13(16-10-5-6-10)9-3-1-8(2-4-9)11-12(14(18)19)20-7-15-11/h1-4,7,10H,5-6H2,(H,16,17)(H,18,19). The molecule has 102 valence electrons. The lowest BCUT2D eigenvalue weighted by atomic mass is 10.1. The van der Waals surface area contributed by atoms with E-state index in [9.17, 15) is 9.59 Å². The van der Waals surface area contributed by atoms with E-state index in [1.807, 2.05) is 0 Å². The summed E-state index contributed by atoms with van der Waals surface area (Å²) in [6, 6.07) is 7.15. The Morgan fingerprint density at radius 1 is 1.25 bits per heavy atom. The molecule has 3 rings (SSSR count). The number of aromatic nitrogens is 1. The van der Waals surface area contributed by atoms with Gasteiger partial charge in [-0.05, 0) is 25.0 Å². The number of carbonyl (C=O) groups is 2. The number of nitrogens with zero attached hydrogens (tertiary/aromatic N) is 1. The van der Waals surface area contributed by atoms with Crippen molar-refractivity contribution in [2.75, 3.05) is 0 Å². The minimum absolute atomic E-state index is 0.0872. The van der Waals surface area contributed by atoms with Crippen LogP contribution in [0.1, 0.15) is 32.9 Å². The zero-order chi connectivity index (χ0) is 14.1. The lowest BCUT2D eigenvalue weighted by Gasteiger charge is -2.04. The summed E-state index contributed by atoms with van der Waals surface area (Å²) >= 11 is 1.09. The number of nitrogens with one attached hydrogen (secondary N) is 1. The Balaban J connectivity index is 1.83. The second-order valence-corrected chi connectivity index (χ2v) is 5.52. The fourth-order valence-corrected chi connectivity index (χ4v) is 2.53. The quantitative estimate of drug-likeness (QED) is 0.905. The van der Waals surface area contributed by atoms with Gasteiger partial charge in [0.2, 0.25) is 0 Å². The smallest absolute Gasteiger partial charge is 0.348 e. The summed E-state index contributed by atoms with van der Waals surface area (Å²) in [6.07, 6.45) is 2.09. The second-order valence-electron chi connectivity index (χ2n) is 4.66. The number of carboxylic acids is 1. The summed E-state index contributed by atoms with van der Waals surface area (Å²) in [5.41, 5.74) is 3.22. The number of amides is 1. The molecule has 6 heteroatoms. The van der Waals surface area contributed by atoms with Crippen molar-refractivity contribution in [1.29, 1.82) is 0 Å². The number of aromatic carboxylic acids is 1. The molecule has 5 nitrogen and oxygen atoms in total. The Labute approximate surface area is 119 Å². The van der Waals surface area contributed by atoms with E-state index < -0.39 is 5.97 Å². The molecule has 1 saturated carbocycles. The summed E-state index contributed by atoms with van der Waals surface area (Å²) in [4.78, 5) is 27.2. The third-order valence-corrected chi connectivity index (χ3v) is 3.91. The van der Waals surface area contributed by atoms with Crippen molar-refractivity contribution < 1.29 is 14.7 Å². The van der Waals surface area contributed by atoms with Gasteiger partial charge in [-0.2, -0.15) is 0 Å². The first-order chi connectivity index (χ1) is 9.65. The highest BCUT2D eigenvalue weighted by atomic mass is 32.1. The van der Waals surface area contributed by atoms with Gasteiger partial charge in [0, 0.05) is 17.2 Å². The lowest BCUT2D eigenvalue weighted by Crippen LogP contribution is -2.25. The van der Waals surface area contributed by atoms with Crippen molar-refractivity contribution in [2.45, 2.75) is 18.9 Å². The predicted molar refractivity (Wildman–Crippen MR) is 75.0 cm³/mol. The minimum Gasteiger partial charge on any atom is -0.477 e. The van der Waals surface area contributed by atoms with Crippen LogP contribution >= 0.6 is 11.3 Å². The van der Waals surface area contributed by atoms with Crippen molar-refractivity contribution in [3.8, 4) is 11.3 Å². The van der Waals surface area contributed by atoms with Crippen LogP contribution < -0.4 is 5.32 Å². The molecular formula is C14H12N2O3S. The monoisotopic (exact) mass is 288 g/mol. The van der Waals surface area contributed by atoms with Crippen molar-refractivity contribution in [2.24, 2.45) is 0 Å². The first kappa shape index (κ1) is 12.8. The Bertz CT molecular complexity index is 659. The fourth-order valence-electron chi connectivity index (χ4n) is 1.88. The number of thiazole rings is 1. The van der Waals surface area contributed by atoms with Gasteiger partial charge in [0.25, 0.3) is 5.91 Å². The highest BCUT2D eigenvalue weighted by Crippen LogP contribution is 2.26. The van der Waals surface area contributed by atoms with Crippen LogP contribution in [-0.2, 0) is 0 Å². The SMILES string of the molecule is O=C(NC1CC1)c1ccc(-c2ncsc2C(=O)O)cc1. The highest BCUT2D eigenvalue weighted by Gasteiger charge is 2.23. The van der Waals surface area contributed by atoms with Crippen LogP contribution in [0.15, 0.2) is 29.8 Å². The Kier molecular flexibility index (Phi) is 3.23. The maximum absolute atomic E-state index is 11.8. The maximum Gasteiger partial charge on any atom is 0.348 e. The van der Waals surface area contributed by atoms with Gasteiger partial charge in [0.15, 0.2) is 0 Å². The molecule has 1 heterocycles. The van der Waals surface area contributed by atoms with Gasteiger partial charge in [-0.25, -0.2) is 9.78 Å². The molecule has 0 aliphatic heterocycles. The van der Waals surface area contributed by atoms with Gasteiger partial charge in [-0.15, -0.1) is 11.3 Å². The summed E-state index contributed by atoms with van der Waals surface area (Å²) < 4.78 is 0. The highest BCUT2D eigenvalue weighted by molar-refractivity contribution is 7.12. The molecule has 2 aromatic rings. The Hall–Kier alpha value is -2.21. The van der Waals surface area contributed by atoms with Crippen LogP contribution in [0.2, 0.25) is 0 Å². The molecule has 1 aliphatic carbocycles. The van der Waals surface area contributed by atoms with Crippen LogP contribution in [0.3, 0.4) is 0 Å². The molecule has 1 aliphatic rings. The zero-order valence-corrected chi connectivity index (χ0v) is 11.3. The van der Waals surface area contributed by atoms with Crippen molar-refractivity contribution in [3.05, 3.63) is 40.2 Å². The lowest BCUT2D eigenvalue weighted by molar-refractivity contribution is 0.0702. The maximum atomic E-state index is 11.8. The van der Waals surface area contributed by atoms with Crippen LogP contribution in [0.5, 0.6) is 0 Å². The molecule has 1 fully saturated rings. The largest absolute Gasteiger partial charge is 0.477 e. The molecule has 0 unspecified atom stereocenters. The van der Waals surface area contributed by atoms with Crippen LogP contribution in [0.4, 0.5) is 0 Å². The van der Waals surface area contributed by atoms with Gasteiger partial charge in [0.05, 0.1) is 11.2 Å². The van der Waals surface area contributed by atoms with Crippen molar-refractivity contribution in [3.63, 3.8) is 0 Å². The molecule has 1 aromatic heterocycles. The average Bonchev–Trinajstić information content (AvgIpc) is 3.11. The number of rotatable bonds is 4. The third kappa shape index (κ3) is 2.55. The van der Waals surface area contributed by atoms with E-state index in [4.69, 9.17) is 5.11 Å². The van der Waals surface area contributed by atoms with Crippen molar-refractivity contribution in [1.82, 2.24) is 10.3 Å². The van der Waals surface area contributed by atoms with E-state index in [0.717, 1.165) is 24.2 Å². The molecule has 1 aromatic carbocycles. The molecule has 1 amide bonds. The number of hydrogen-bond acceptors (Lipinski definition) is 4. The topological polar surface area (TPSA) is 79.3 Å². The first-order valence-corrected chi connectivity index (χ1v) is 7.11. The third-order valence-electron chi connectivity index (χ3n) is 3.09. The van der Waals surface area contributed by atoms with Gasteiger partial charge in [-0.1, -0.05) is 12.1 Å². The number of hydrogen-bond donors (Lipinski definition) is 2. The van der Waals surface area contributed by atoms with E-state index in [1.165, 1.54) is 5.51 Å². The number of benzene rings is 1. The summed E-state index contributed by atoms with van der Waals surface area (Å²) in [5.74, 6) is -1.08. The van der Waals surface area contributed by atoms with E-state index in [1.54, 1.807) is 24.3 Å². The Morgan fingerprint density at radius 3 is 2.55 bits per heavy atom. The fraction of sp³-hybridized carbons (Fsp3) is 0.214. The van der Waals surface area contributed by atoms with E-state index in [-0.39, 0.29) is 10.8 Å². The van der Waals surface area contributed by atoms with Crippen LogP contribution in [0, 0.1) is 0 Å². The van der Waals surface area contributed by atoms with Gasteiger partial charge in [-0.3, -0.25) is 4.79 Å². The van der Waals surface area contributed by atoms with E-state index in [2.05, 4.69) is 10.3 Å². The molecule has 0 radical (unpaired) electrons. The predicted octanol–water partition coefficient (Wildman–Crippen LogP) is 2.40. The van der Waals surface area contributed by atoms with Crippen LogP contribution in [0.25, 0.3) is 11.3 Å². The Morgan fingerprint density at radius 2 is 1.95 bits per heavy atom. The first-order valence-electron chi connectivity index (χ1n) is 6.23. The molecule has 20 heavy (non-hydrogen) atoms. The number of carboxylic acid groups (broad SMARTS) is 1. The molecule has 2 N–H and O–H groups in total. The molecule has 0 bridgehead atoms. The molecule has 0 saturated heterocycles. The number of carbonyl (C=O) groups excluding carboxylic acids is 1. The summed E-state index contributed by atoms with van der Waals surface area (Å²) in [5, 5.41) is 12.0. The normalized spacial score (nSPS) is 14.0. The average molecular weight is 288 g/mol. The molecular weight excluding hydrogens is 276 g/mol. The van der Waals surface area contributed by atoms with Gasteiger partial charge in [0.1, 0.15) is 4.88 Å². The van der Waals surface area contributed by atoms with Gasteiger partial charge >= 0.3 is 5.97 Å². The van der Waals surface area contributed by atoms with Crippen LogP contribution in [-0.4, -0.2) is 28.0 Å². The molecule has 0 spiro atoms. The minimum atomic E-state index is -0.988. The second kappa shape index (κ2) is 5.05. The van der Waals surface area contributed by atoms with E-state index in [0.29, 0.717) is 22.9 Å². The summed E-state index contributed by atoms with van der Waals surface area (Å²) in [6.45, 7) is 0. The molecule has 0 atom stereocenters.